The van der Waals surface area contributed by atoms with Crippen molar-refractivity contribution in [1.29, 1.82) is 0 Å². The van der Waals surface area contributed by atoms with Crippen LogP contribution >= 0.6 is 12.4 Å². The molecule has 2 aromatic carbocycles. The van der Waals surface area contributed by atoms with Gasteiger partial charge in [0, 0.05) is 24.0 Å². The molecule has 0 saturated carbocycles. The van der Waals surface area contributed by atoms with Gasteiger partial charge >= 0.3 is 0 Å². The second kappa shape index (κ2) is 5.21. The number of hydrogen-bond donors (Lipinski definition) is 1. The lowest BCUT2D eigenvalue weighted by Crippen LogP contribution is -2.15. The fraction of sp³-hybridized carbons (Fsp3) is 0.222. The van der Waals surface area contributed by atoms with Crippen LogP contribution < -0.4 is 5.73 Å². The molecule has 0 amide bonds. The van der Waals surface area contributed by atoms with Gasteiger partial charge in [-0.15, -0.1) is 12.4 Å². The number of halogens is 1. The molecule has 2 N–H and O–H groups in total. The van der Waals surface area contributed by atoms with E-state index in [2.05, 4.69) is 60.1 Å². The van der Waals surface area contributed by atoms with Crippen molar-refractivity contribution in [2.24, 2.45) is 12.8 Å². The molecule has 0 fully saturated rings. The molecule has 1 heterocycles. The van der Waals surface area contributed by atoms with Gasteiger partial charge in [-0.25, -0.2) is 0 Å². The molecule has 1 unspecified atom stereocenters. The van der Waals surface area contributed by atoms with Crippen molar-refractivity contribution >= 4 is 23.3 Å². The molecule has 0 aliphatic heterocycles. The maximum Gasteiger partial charge on any atom is 0.0521 e. The number of aryl methyl sites for hydroxylation is 2. The Balaban J connectivity index is 0.00000132. The van der Waals surface area contributed by atoms with Gasteiger partial charge in [-0.05, 0) is 35.6 Å². The first-order chi connectivity index (χ1) is 9.77. The minimum atomic E-state index is 0. The summed E-state index contributed by atoms with van der Waals surface area (Å²) in [6.07, 6.45) is 2.11. The standard InChI is InChI=1S/C18H18N2.ClH/c1-20-16-9-5-8-13-15(19)11-10-14(17(13)16)18(20)12-6-3-2-4-7-12;/h2-9,15H,10-11,19H2,1H3;1H. The first kappa shape index (κ1) is 14.2. The largest absolute Gasteiger partial charge is 0.343 e. The topological polar surface area (TPSA) is 30.9 Å². The minimum Gasteiger partial charge on any atom is -0.343 e. The molecule has 1 aromatic heterocycles. The Morgan fingerprint density at radius 1 is 1.05 bits per heavy atom. The predicted octanol–water partition coefficient (Wildman–Crippen LogP) is 4.21. The van der Waals surface area contributed by atoms with E-state index in [1.807, 2.05) is 0 Å². The molecule has 0 radical (unpaired) electrons. The summed E-state index contributed by atoms with van der Waals surface area (Å²) in [5.41, 5.74) is 13.0. The summed E-state index contributed by atoms with van der Waals surface area (Å²) < 4.78 is 2.32. The van der Waals surface area contributed by atoms with Gasteiger partial charge in [-0.2, -0.15) is 0 Å². The molecule has 108 valence electrons. The summed E-state index contributed by atoms with van der Waals surface area (Å²) in [5, 5.41) is 1.38. The highest BCUT2D eigenvalue weighted by Gasteiger charge is 2.25. The molecule has 1 aliphatic carbocycles. The number of rotatable bonds is 1. The van der Waals surface area contributed by atoms with E-state index in [1.165, 1.54) is 33.3 Å². The van der Waals surface area contributed by atoms with Crippen LogP contribution in [0.25, 0.3) is 22.2 Å². The van der Waals surface area contributed by atoms with Crippen LogP contribution in [-0.2, 0) is 13.5 Å². The summed E-state index contributed by atoms with van der Waals surface area (Å²) in [6, 6.07) is 17.4. The van der Waals surface area contributed by atoms with Gasteiger partial charge in [0.1, 0.15) is 0 Å². The third-order valence-corrected chi connectivity index (χ3v) is 4.51. The number of nitrogens with two attached hydrogens (primary N) is 1. The van der Waals surface area contributed by atoms with E-state index in [4.69, 9.17) is 5.73 Å². The van der Waals surface area contributed by atoms with E-state index in [-0.39, 0.29) is 18.4 Å². The molecule has 0 spiro atoms. The molecule has 0 bridgehead atoms. The highest BCUT2D eigenvalue weighted by atomic mass is 35.5. The van der Waals surface area contributed by atoms with Gasteiger partial charge in [-0.1, -0.05) is 42.5 Å². The Bertz CT molecular complexity index is 790. The van der Waals surface area contributed by atoms with Gasteiger partial charge in [0.05, 0.1) is 5.69 Å². The number of aromatic nitrogens is 1. The summed E-state index contributed by atoms with van der Waals surface area (Å²) in [7, 11) is 2.16. The SMILES string of the molecule is Cl.Cn1c(-c2ccccc2)c2c3c(cccc31)C(N)CC2. The molecule has 1 aliphatic rings. The zero-order valence-electron chi connectivity index (χ0n) is 12.0. The average molecular weight is 299 g/mol. The quantitative estimate of drug-likeness (QED) is 0.717. The highest BCUT2D eigenvalue weighted by molar-refractivity contribution is 5.95. The van der Waals surface area contributed by atoms with Crippen molar-refractivity contribution in [3.63, 3.8) is 0 Å². The van der Waals surface area contributed by atoms with Crippen molar-refractivity contribution in [3.8, 4) is 11.3 Å². The Labute approximate surface area is 131 Å². The maximum atomic E-state index is 6.29. The average Bonchev–Trinajstić information content (AvgIpc) is 2.78. The molecule has 21 heavy (non-hydrogen) atoms. The molecule has 2 nitrogen and oxygen atoms in total. The fourth-order valence-electron chi connectivity index (χ4n) is 3.58. The monoisotopic (exact) mass is 298 g/mol. The molecular formula is C18H19ClN2. The van der Waals surface area contributed by atoms with Crippen LogP contribution in [0.4, 0.5) is 0 Å². The fourth-order valence-corrected chi connectivity index (χ4v) is 3.58. The predicted molar refractivity (Wildman–Crippen MR) is 90.9 cm³/mol. The Morgan fingerprint density at radius 2 is 1.81 bits per heavy atom. The van der Waals surface area contributed by atoms with Crippen molar-refractivity contribution in [1.82, 2.24) is 4.57 Å². The van der Waals surface area contributed by atoms with Crippen LogP contribution in [0.15, 0.2) is 48.5 Å². The number of nitrogens with zero attached hydrogens (tertiary/aromatic N) is 1. The third kappa shape index (κ3) is 1.98. The first-order valence-electron chi connectivity index (χ1n) is 7.18. The van der Waals surface area contributed by atoms with Crippen molar-refractivity contribution < 1.29 is 0 Å². The Hall–Kier alpha value is -1.77. The molecular weight excluding hydrogens is 280 g/mol. The van der Waals surface area contributed by atoms with Gasteiger partial charge in [0.25, 0.3) is 0 Å². The second-order valence-electron chi connectivity index (χ2n) is 5.64. The van der Waals surface area contributed by atoms with Gasteiger partial charge in [0.2, 0.25) is 0 Å². The lowest BCUT2D eigenvalue weighted by molar-refractivity contribution is 0.644. The highest BCUT2D eigenvalue weighted by Crippen LogP contribution is 2.41. The van der Waals surface area contributed by atoms with Crippen LogP contribution in [0, 0.1) is 0 Å². The van der Waals surface area contributed by atoms with Crippen LogP contribution in [0.2, 0.25) is 0 Å². The van der Waals surface area contributed by atoms with E-state index in [0.29, 0.717) is 0 Å². The normalized spacial score (nSPS) is 16.8. The van der Waals surface area contributed by atoms with Crippen LogP contribution in [0.5, 0.6) is 0 Å². The summed E-state index contributed by atoms with van der Waals surface area (Å²) in [6.45, 7) is 0. The van der Waals surface area contributed by atoms with Gasteiger partial charge < -0.3 is 10.3 Å². The van der Waals surface area contributed by atoms with Gasteiger partial charge in [-0.3, -0.25) is 0 Å². The lowest BCUT2D eigenvalue weighted by Gasteiger charge is -2.20. The van der Waals surface area contributed by atoms with E-state index >= 15 is 0 Å². The number of hydrogen-bond acceptors (Lipinski definition) is 1. The summed E-state index contributed by atoms with van der Waals surface area (Å²) in [4.78, 5) is 0. The van der Waals surface area contributed by atoms with E-state index in [0.717, 1.165) is 12.8 Å². The maximum absolute atomic E-state index is 6.29. The van der Waals surface area contributed by atoms with E-state index in [9.17, 15) is 0 Å². The molecule has 0 saturated heterocycles. The van der Waals surface area contributed by atoms with Gasteiger partial charge in [0.15, 0.2) is 0 Å². The lowest BCUT2D eigenvalue weighted by atomic mass is 9.87. The van der Waals surface area contributed by atoms with Crippen molar-refractivity contribution in [3.05, 3.63) is 59.7 Å². The molecule has 1 atom stereocenters. The molecule has 3 heteroatoms. The third-order valence-electron chi connectivity index (χ3n) is 4.51. The van der Waals surface area contributed by atoms with Crippen LogP contribution in [0.3, 0.4) is 0 Å². The molecule has 3 aromatic rings. The number of benzene rings is 2. The Kier molecular flexibility index (Phi) is 3.52. The minimum absolute atomic E-state index is 0. The van der Waals surface area contributed by atoms with Crippen LogP contribution in [0.1, 0.15) is 23.6 Å². The first-order valence-corrected chi connectivity index (χ1v) is 7.18. The Morgan fingerprint density at radius 3 is 2.57 bits per heavy atom. The second-order valence-corrected chi connectivity index (χ2v) is 5.64. The summed E-state index contributed by atoms with van der Waals surface area (Å²) >= 11 is 0. The summed E-state index contributed by atoms with van der Waals surface area (Å²) in [5.74, 6) is 0. The zero-order chi connectivity index (χ0) is 13.7. The smallest absolute Gasteiger partial charge is 0.0521 e. The van der Waals surface area contributed by atoms with E-state index < -0.39 is 0 Å². The van der Waals surface area contributed by atoms with Crippen molar-refractivity contribution in [2.45, 2.75) is 18.9 Å². The van der Waals surface area contributed by atoms with Crippen molar-refractivity contribution in [2.75, 3.05) is 0 Å². The van der Waals surface area contributed by atoms with E-state index in [1.54, 1.807) is 0 Å². The molecule has 4 rings (SSSR count). The van der Waals surface area contributed by atoms with Crippen LogP contribution in [-0.4, -0.2) is 4.57 Å². The zero-order valence-corrected chi connectivity index (χ0v) is 12.9.